The van der Waals surface area contributed by atoms with Crippen LogP contribution in [0.3, 0.4) is 0 Å². The third kappa shape index (κ3) is 3.27. The molecule has 25 heavy (non-hydrogen) atoms. The Bertz CT molecular complexity index is 1090. The van der Waals surface area contributed by atoms with Gasteiger partial charge in [-0.05, 0) is 24.6 Å². The Kier molecular flexibility index (Phi) is 3.99. The van der Waals surface area contributed by atoms with Crippen molar-refractivity contribution in [1.82, 2.24) is 19.5 Å². The molecule has 4 rings (SSSR count). The quantitative estimate of drug-likeness (QED) is 0.612. The van der Waals surface area contributed by atoms with Gasteiger partial charge in [0.05, 0.1) is 24.1 Å². The maximum absolute atomic E-state index is 12.8. The van der Waals surface area contributed by atoms with Gasteiger partial charge >= 0.3 is 0 Å². The van der Waals surface area contributed by atoms with Crippen molar-refractivity contribution in [3.8, 4) is 0 Å². The molecule has 6 nitrogen and oxygen atoms in total. The van der Waals surface area contributed by atoms with Gasteiger partial charge in [-0.1, -0.05) is 30.3 Å². The van der Waals surface area contributed by atoms with Crippen LogP contribution in [0.25, 0.3) is 11.0 Å². The van der Waals surface area contributed by atoms with Crippen molar-refractivity contribution in [3.05, 3.63) is 75.8 Å². The van der Waals surface area contributed by atoms with Gasteiger partial charge in [-0.2, -0.15) is 0 Å². The molecule has 0 saturated heterocycles. The maximum Gasteiger partial charge on any atom is 0.280 e. The average Bonchev–Trinajstić information content (AvgIpc) is 3.03. The summed E-state index contributed by atoms with van der Waals surface area (Å²) < 4.78 is 1.57. The van der Waals surface area contributed by atoms with Gasteiger partial charge in [0, 0.05) is 5.38 Å². The number of hydrogen-bond donors (Lipinski definition) is 1. The number of anilines is 2. The van der Waals surface area contributed by atoms with Crippen LogP contribution in [-0.2, 0) is 6.54 Å². The summed E-state index contributed by atoms with van der Waals surface area (Å²) in [6, 6.07) is 13.4. The molecule has 3 heterocycles. The van der Waals surface area contributed by atoms with Crippen molar-refractivity contribution in [2.75, 3.05) is 5.32 Å². The summed E-state index contributed by atoms with van der Waals surface area (Å²) in [6.07, 6.45) is 1.57. The fraction of sp³-hybridized carbons (Fsp3) is 0.111. The van der Waals surface area contributed by atoms with E-state index in [1.54, 1.807) is 23.0 Å². The van der Waals surface area contributed by atoms with E-state index in [1.165, 1.54) is 11.3 Å². The van der Waals surface area contributed by atoms with Crippen LogP contribution in [0.15, 0.2) is 59.0 Å². The number of fused-ring (bicyclic) bond motifs is 1. The maximum atomic E-state index is 12.8. The Hall–Kier alpha value is -3.06. The smallest absolute Gasteiger partial charge is 0.280 e. The lowest BCUT2D eigenvalue weighted by atomic mass is 10.2. The van der Waals surface area contributed by atoms with Crippen LogP contribution >= 0.6 is 11.3 Å². The van der Waals surface area contributed by atoms with Gasteiger partial charge in [-0.3, -0.25) is 9.36 Å². The number of benzene rings is 1. The highest BCUT2D eigenvalue weighted by atomic mass is 32.1. The van der Waals surface area contributed by atoms with E-state index < -0.39 is 0 Å². The zero-order valence-corrected chi connectivity index (χ0v) is 14.3. The molecule has 0 fully saturated rings. The molecule has 0 radical (unpaired) electrons. The first-order chi connectivity index (χ1) is 12.2. The number of hydrogen-bond acceptors (Lipinski definition) is 6. The Morgan fingerprint density at radius 3 is 2.72 bits per heavy atom. The van der Waals surface area contributed by atoms with E-state index in [0.717, 1.165) is 16.4 Å². The second-order valence-corrected chi connectivity index (χ2v) is 6.50. The minimum absolute atomic E-state index is 0.159. The van der Waals surface area contributed by atoms with E-state index in [2.05, 4.69) is 20.3 Å². The molecule has 0 bridgehead atoms. The van der Waals surface area contributed by atoms with Crippen molar-refractivity contribution in [3.63, 3.8) is 0 Å². The Balaban J connectivity index is 1.70. The van der Waals surface area contributed by atoms with E-state index in [0.29, 0.717) is 23.4 Å². The van der Waals surface area contributed by atoms with E-state index >= 15 is 0 Å². The van der Waals surface area contributed by atoms with E-state index in [9.17, 15) is 4.79 Å². The molecule has 4 aromatic rings. The van der Waals surface area contributed by atoms with Gasteiger partial charge in [-0.15, -0.1) is 11.3 Å². The summed E-state index contributed by atoms with van der Waals surface area (Å²) >= 11 is 1.50. The van der Waals surface area contributed by atoms with Gasteiger partial charge in [-0.25, -0.2) is 15.0 Å². The fourth-order valence-corrected chi connectivity index (χ4v) is 3.21. The third-order valence-electron chi connectivity index (χ3n) is 3.72. The van der Waals surface area contributed by atoms with Crippen molar-refractivity contribution >= 4 is 33.3 Å². The lowest BCUT2D eigenvalue weighted by molar-refractivity contribution is 0.746. The highest BCUT2D eigenvalue weighted by Crippen LogP contribution is 2.20. The molecule has 3 aromatic heterocycles. The highest BCUT2D eigenvalue weighted by Gasteiger charge is 2.08. The summed E-state index contributed by atoms with van der Waals surface area (Å²) in [5.74, 6) is 0.582. The van der Waals surface area contributed by atoms with Crippen molar-refractivity contribution in [2.24, 2.45) is 0 Å². The SMILES string of the molecule is Cc1csc(Nc2ccc3ncn(Cc4ccccc4)c(=O)c3n2)n1. The van der Waals surface area contributed by atoms with E-state index in [-0.39, 0.29) is 5.56 Å². The lowest BCUT2D eigenvalue weighted by Gasteiger charge is -2.07. The molecule has 0 aliphatic carbocycles. The molecule has 0 aliphatic rings. The predicted molar refractivity (Wildman–Crippen MR) is 99.5 cm³/mol. The normalized spacial score (nSPS) is 10.9. The van der Waals surface area contributed by atoms with E-state index in [4.69, 9.17) is 0 Å². The van der Waals surface area contributed by atoms with Crippen LogP contribution in [-0.4, -0.2) is 19.5 Å². The Labute approximate surface area is 147 Å². The van der Waals surface area contributed by atoms with Crippen molar-refractivity contribution in [1.29, 1.82) is 0 Å². The standard InChI is InChI=1S/C18H15N5OS/c1-12-10-25-18(20-12)22-15-8-7-14-16(21-15)17(24)23(11-19-14)9-13-5-3-2-4-6-13/h2-8,10-11H,9H2,1H3,(H,20,21,22). The fourth-order valence-electron chi connectivity index (χ4n) is 2.52. The molecule has 0 amide bonds. The zero-order valence-electron chi connectivity index (χ0n) is 13.5. The Morgan fingerprint density at radius 2 is 1.96 bits per heavy atom. The number of aromatic nitrogens is 4. The molecule has 0 unspecified atom stereocenters. The first-order valence-electron chi connectivity index (χ1n) is 7.78. The first kappa shape index (κ1) is 15.5. The molecule has 1 aromatic carbocycles. The van der Waals surface area contributed by atoms with Crippen molar-refractivity contribution in [2.45, 2.75) is 13.5 Å². The molecule has 124 valence electrons. The van der Waals surface area contributed by atoms with Crippen LogP contribution in [0.5, 0.6) is 0 Å². The summed E-state index contributed by atoms with van der Waals surface area (Å²) in [5, 5.41) is 5.84. The summed E-state index contributed by atoms with van der Waals surface area (Å²) in [5.41, 5.74) is 2.75. The lowest BCUT2D eigenvalue weighted by Crippen LogP contribution is -2.22. The van der Waals surface area contributed by atoms with Crippen molar-refractivity contribution < 1.29 is 0 Å². The van der Waals surface area contributed by atoms with Crippen LogP contribution in [0, 0.1) is 6.92 Å². The molecule has 0 spiro atoms. The molecule has 1 N–H and O–H groups in total. The first-order valence-corrected chi connectivity index (χ1v) is 8.66. The highest BCUT2D eigenvalue weighted by molar-refractivity contribution is 7.13. The Morgan fingerprint density at radius 1 is 1.12 bits per heavy atom. The third-order valence-corrected chi connectivity index (χ3v) is 4.60. The summed E-state index contributed by atoms with van der Waals surface area (Å²) in [7, 11) is 0. The number of rotatable bonds is 4. The molecular formula is C18H15N5OS. The number of nitrogens with zero attached hydrogens (tertiary/aromatic N) is 4. The summed E-state index contributed by atoms with van der Waals surface area (Å²) in [4.78, 5) is 25.9. The van der Waals surface area contributed by atoms with Crippen LogP contribution in [0.1, 0.15) is 11.3 Å². The van der Waals surface area contributed by atoms with Gasteiger partial charge in [0.1, 0.15) is 5.82 Å². The molecular weight excluding hydrogens is 334 g/mol. The topological polar surface area (TPSA) is 72.7 Å². The number of pyridine rings is 1. The predicted octanol–water partition coefficient (Wildman–Crippen LogP) is 3.35. The average molecular weight is 349 g/mol. The molecule has 0 aliphatic heterocycles. The minimum Gasteiger partial charge on any atom is -0.316 e. The van der Waals surface area contributed by atoms with Gasteiger partial charge in [0.25, 0.3) is 5.56 Å². The zero-order chi connectivity index (χ0) is 17.2. The van der Waals surface area contributed by atoms with Gasteiger partial charge in [0.15, 0.2) is 10.6 Å². The molecule has 0 saturated carbocycles. The monoisotopic (exact) mass is 349 g/mol. The number of thiazole rings is 1. The molecule has 0 atom stereocenters. The minimum atomic E-state index is -0.159. The van der Waals surface area contributed by atoms with Crippen LogP contribution in [0.4, 0.5) is 10.9 Å². The molecule has 7 heteroatoms. The second kappa shape index (κ2) is 6.45. The van der Waals surface area contributed by atoms with E-state index in [1.807, 2.05) is 42.6 Å². The van der Waals surface area contributed by atoms with Crippen LogP contribution < -0.4 is 10.9 Å². The number of nitrogens with one attached hydrogen (secondary N) is 1. The second-order valence-electron chi connectivity index (χ2n) is 5.65. The van der Waals surface area contributed by atoms with Gasteiger partial charge in [0.2, 0.25) is 0 Å². The number of aryl methyl sites for hydroxylation is 1. The largest absolute Gasteiger partial charge is 0.316 e. The van der Waals surface area contributed by atoms with Crippen LogP contribution in [0.2, 0.25) is 0 Å². The summed E-state index contributed by atoms with van der Waals surface area (Å²) in [6.45, 7) is 2.40. The van der Waals surface area contributed by atoms with Gasteiger partial charge < -0.3 is 5.32 Å².